The van der Waals surface area contributed by atoms with E-state index >= 15 is 0 Å². The maximum Gasteiger partial charge on any atom is 0.241 e. The van der Waals surface area contributed by atoms with Crippen LogP contribution in [0.5, 0.6) is 11.5 Å². The van der Waals surface area contributed by atoms with Gasteiger partial charge in [0, 0.05) is 10.0 Å². The molecule has 0 amide bonds. The van der Waals surface area contributed by atoms with Crippen molar-refractivity contribution in [3.63, 3.8) is 0 Å². The summed E-state index contributed by atoms with van der Waals surface area (Å²) < 4.78 is 12.6. The van der Waals surface area contributed by atoms with E-state index in [-0.39, 0.29) is 18.0 Å². The van der Waals surface area contributed by atoms with Crippen molar-refractivity contribution in [3.05, 3.63) is 57.6 Å². The fourth-order valence-corrected chi connectivity index (χ4v) is 4.06. The fraction of sp³-hybridized carbons (Fsp3) is 0.263. The van der Waals surface area contributed by atoms with Crippen LogP contribution in [0.3, 0.4) is 0 Å². The lowest BCUT2D eigenvalue weighted by Crippen LogP contribution is -2.28. The molecule has 2 heterocycles. The van der Waals surface area contributed by atoms with E-state index in [4.69, 9.17) is 38.4 Å². The van der Waals surface area contributed by atoms with Gasteiger partial charge in [-0.1, -0.05) is 35.3 Å². The third kappa shape index (κ3) is 3.31. The van der Waals surface area contributed by atoms with E-state index in [9.17, 15) is 0 Å². The Bertz CT molecular complexity index is 1020. The molecule has 9 heteroatoms. The zero-order chi connectivity index (χ0) is 19.8. The number of halogens is 2. The number of hydrogen-bond acceptors (Lipinski definition) is 6. The van der Waals surface area contributed by atoms with Gasteiger partial charge in [0.15, 0.2) is 11.5 Å². The maximum atomic E-state index is 6.45. The number of nitrogens with one attached hydrogen (secondary N) is 1. The molecular weight excluding hydrogens is 401 g/mol. The molecular formula is C19H19Cl2N5O2. The summed E-state index contributed by atoms with van der Waals surface area (Å²) in [6, 6.07) is 11.1. The SMILES string of the molecule is COc1ccc([C@@H]2C[C@H](c3ccc(Cl)cc3Cl)Nc3nc(N)nn32)cc1OC. The summed E-state index contributed by atoms with van der Waals surface area (Å²) in [7, 11) is 3.22. The van der Waals surface area contributed by atoms with Gasteiger partial charge in [-0.3, -0.25) is 0 Å². The van der Waals surface area contributed by atoms with Gasteiger partial charge in [-0.25, -0.2) is 4.68 Å². The minimum atomic E-state index is -0.113. The quantitative estimate of drug-likeness (QED) is 0.654. The van der Waals surface area contributed by atoms with E-state index in [1.165, 1.54) is 0 Å². The van der Waals surface area contributed by atoms with Crippen molar-refractivity contribution in [2.75, 3.05) is 25.3 Å². The number of methoxy groups -OCH3 is 2. The molecule has 0 fully saturated rings. The predicted molar refractivity (Wildman–Crippen MR) is 110 cm³/mol. The molecule has 146 valence electrons. The Hall–Kier alpha value is -2.64. The van der Waals surface area contributed by atoms with E-state index in [0.717, 1.165) is 11.1 Å². The topological polar surface area (TPSA) is 87.2 Å². The maximum absolute atomic E-state index is 6.45. The molecule has 2 aromatic carbocycles. The molecule has 1 aromatic heterocycles. The summed E-state index contributed by atoms with van der Waals surface area (Å²) in [5.74, 6) is 2.10. The van der Waals surface area contributed by atoms with Crippen LogP contribution in [0.4, 0.5) is 11.9 Å². The van der Waals surface area contributed by atoms with Crippen LogP contribution in [-0.2, 0) is 0 Å². The van der Waals surface area contributed by atoms with E-state index in [2.05, 4.69) is 15.4 Å². The Morgan fingerprint density at radius 2 is 1.89 bits per heavy atom. The van der Waals surface area contributed by atoms with Crippen LogP contribution >= 0.6 is 23.2 Å². The fourth-order valence-electron chi connectivity index (χ4n) is 3.52. The van der Waals surface area contributed by atoms with E-state index in [1.807, 2.05) is 30.3 Å². The molecule has 3 aromatic rings. The number of nitrogens with zero attached hydrogens (tertiary/aromatic N) is 3. The summed E-state index contributed by atoms with van der Waals surface area (Å²) in [5, 5.41) is 8.92. The van der Waals surface area contributed by atoms with Crippen molar-refractivity contribution >= 4 is 35.1 Å². The minimum absolute atomic E-state index is 0.0843. The Balaban J connectivity index is 1.77. The van der Waals surface area contributed by atoms with Crippen LogP contribution in [-0.4, -0.2) is 29.0 Å². The first kappa shape index (κ1) is 18.7. The van der Waals surface area contributed by atoms with Crippen molar-refractivity contribution in [2.24, 2.45) is 0 Å². The molecule has 4 rings (SSSR count). The zero-order valence-electron chi connectivity index (χ0n) is 15.3. The molecule has 1 aliphatic rings. The van der Waals surface area contributed by atoms with E-state index in [0.29, 0.717) is 33.9 Å². The van der Waals surface area contributed by atoms with Gasteiger partial charge in [-0.2, -0.15) is 4.98 Å². The first-order chi connectivity index (χ1) is 13.5. The molecule has 3 N–H and O–H groups in total. The van der Waals surface area contributed by atoms with E-state index in [1.54, 1.807) is 25.0 Å². The highest BCUT2D eigenvalue weighted by Crippen LogP contribution is 2.42. The Kier molecular flexibility index (Phi) is 4.95. The van der Waals surface area contributed by atoms with Gasteiger partial charge in [0.2, 0.25) is 11.9 Å². The molecule has 0 spiro atoms. The van der Waals surface area contributed by atoms with Gasteiger partial charge in [0.05, 0.1) is 26.3 Å². The van der Waals surface area contributed by atoms with Crippen LogP contribution in [0.25, 0.3) is 0 Å². The average Bonchev–Trinajstić information content (AvgIpc) is 3.06. The molecule has 2 atom stereocenters. The lowest BCUT2D eigenvalue weighted by molar-refractivity contribution is 0.352. The Morgan fingerprint density at radius 3 is 2.61 bits per heavy atom. The van der Waals surface area contributed by atoms with Gasteiger partial charge < -0.3 is 20.5 Å². The minimum Gasteiger partial charge on any atom is -0.493 e. The molecule has 0 radical (unpaired) electrons. The summed E-state index contributed by atoms with van der Waals surface area (Å²) in [5.41, 5.74) is 7.80. The number of ether oxygens (including phenoxy) is 2. The van der Waals surface area contributed by atoms with Crippen LogP contribution in [0.1, 0.15) is 29.6 Å². The number of anilines is 2. The predicted octanol–water partition coefficient (Wildman–Crippen LogP) is 4.33. The van der Waals surface area contributed by atoms with Gasteiger partial charge in [-0.15, -0.1) is 5.10 Å². The molecule has 0 unspecified atom stereocenters. The number of benzene rings is 2. The van der Waals surface area contributed by atoms with Crippen molar-refractivity contribution in [1.29, 1.82) is 0 Å². The second-order valence-corrected chi connectivity index (χ2v) is 7.31. The monoisotopic (exact) mass is 419 g/mol. The van der Waals surface area contributed by atoms with Crippen molar-refractivity contribution < 1.29 is 9.47 Å². The summed E-state index contributed by atoms with van der Waals surface area (Å²) in [6.45, 7) is 0. The van der Waals surface area contributed by atoms with Gasteiger partial charge >= 0.3 is 0 Å². The highest BCUT2D eigenvalue weighted by molar-refractivity contribution is 6.35. The third-order valence-corrected chi connectivity index (χ3v) is 5.40. The smallest absolute Gasteiger partial charge is 0.241 e. The Morgan fingerprint density at radius 1 is 1.11 bits per heavy atom. The Labute approximate surface area is 172 Å². The summed E-state index contributed by atoms with van der Waals surface area (Å²) in [4.78, 5) is 4.32. The summed E-state index contributed by atoms with van der Waals surface area (Å²) >= 11 is 12.5. The van der Waals surface area contributed by atoms with Crippen LogP contribution < -0.4 is 20.5 Å². The summed E-state index contributed by atoms with van der Waals surface area (Å²) in [6.07, 6.45) is 0.687. The lowest BCUT2D eigenvalue weighted by atomic mass is 9.93. The van der Waals surface area contributed by atoms with E-state index < -0.39 is 0 Å². The van der Waals surface area contributed by atoms with Crippen LogP contribution in [0.15, 0.2) is 36.4 Å². The van der Waals surface area contributed by atoms with Gasteiger partial charge in [-0.05, 0) is 41.8 Å². The standard InChI is InChI=1S/C19H19Cl2N5O2/c1-27-16-6-3-10(7-17(16)28-2)15-9-14(12-5-4-11(20)8-13(12)21)23-19-24-18(22)25-26(15)19/h3-8,14-15H,9H2,1-2H3,(H3,22,23,24,25)/t14-,15+/m1/s1. The number of nitrogen functional groups attached to an aromatic ring is 1. The molecule has 0 aliphatic carbocycles. The second-order valence-electron chi connectivity index (χ2n) is 6.47. The highest BCUT2D eigenvalue weighted by atomic mass is 35.5. The average molecular weight is 420 g/mol. The van der Waals surface area contributed by atoms with Gasteiger partial charge in [0.1, 0.15) is 0 Å². The molecule has 1 aliphatic heterocycles. The first-order valence-electron chi connectivity index (χ1n) is 8.65. The van der Waals surface area contributed by atoms with Gasteiger partial charge in [0.25, 0.3) is 0 Å². The van der Waals surface area contributed by atoms with Crippen molar-refractivity contribution in [3.8, 4) is 11.5 Å². The number of rotatable bonds is 4. The largest absolute Gasteiger partial charge is 0.493 e. The number of fused-ring (bicyclic) bond motifs is 1. The number of hydrogen-bond donors (Lipinski definition) is 2. The molecule has 28 heavy (non-hydrogen) atoms. The molecule has 0 bridgehead atoms. The molecule has 7 nitrogen and oxygen atoms in total. The van der Waals surface area contributed by atoms with Crippen molar-refractivity contribution in [2.45, 2.75) is 18.5 Å². The normalized spacial score (nSPS) is 18.3. The van der Waals surface area contributed by atoms with Crippen LogP contribution in [0, 0.1) is 0 Å². The number of aromatic nitrogens is 3. The number of nitrogens with two attached hydrogens (primary N) is 1. The molecule has 0 saturated carbocycles. The second kappa shape index (κ2) is 7.41. The first-order valence-corrected chi connectivity index (χ1v) is 9.41. The zero-order valence-corrected chi connectivity index (χ0v) is 16.8. The van der Waals surface area contributed by atoms with Crippen LogP contribution in [0.2, 0.25) is 10.0 Å². The van der Waals surface area contributed by atoms with Crippen molar-refractivity contribution in [1.82, 2.24) is 14.8 Å². The lowest BCUT2D eigenvalue weighted by Gasteiger charge is -2.32. The third-order valence-electron chi connectivity index (χ3n) is 4.84. The molecule has 0 saturated heterocycles. The highest BCUT2D eigenvalue weighted by Gasteiger charge is 2.32.